The van der Waals surface area contributed by atoms with Gasteiger partial charge in [-0.05, 0) is 26.7 Å². The van der Waals surface area contributed by atoms with Crippen molar-refractivity contribution in [1.29, 1.82) is 0 Å². The van der Waals surface area contributed by atoms with Gasteiger partial charge in [0.2, 0.25) is 5.91 Å². The van der Waals surface area contributed by atoms with Gasteiger partial charge in [0.25, 0.3) is 0 Å². The van der Waals surface area contributed by atoms with Gasteiger partial charge < -0.3 is 5.32 Å². The fraction of sp³-hybridized carbons (Fsp3) is 0.562. The quantitative estimate of drug-likeness (QED) is 0.890. The first-order valence-corrected chi connectivity index (χ1v) is 8.48. The summed E-state index contributed by atoms with van der Waals surface area (Å²) in [4.78, 5) is 17.9. The zero-order valence-electron chi connectivity index (χ0n) is 13.9. The third kappa shape index (κ3) is 3.74. The zero-order chi connectivity index (χ0) is 16.3. The molecule has 5 nitrogen and oxygen atoms in total. The molecule has 0 unspecified atom stereocenters. The summed E-state index contributed by atoms with van der Waals surface area (Å²) >= 11 is 1.62. The van der Waals surface area contributed by atoms with Gasteiger partial charge in [0.1, 0.15) is 5.01 Å². The molecule has 6 heteroatoms. The molecular weight excluding hydrogens is 296 g/mol. The predicted octanol–water partition coefficient (Wildman–Crippen LogP) is 2.96. The van der Waals surface area contributed by atoms with Gasteiger partial charge >= 0.3 is 0 Å². The summed E-state index contributed by atoms with van der Waals surface area (Å²) in [5.41, 5.74) is 3.27. The summed E-state index contributed by atoms with van der Waals surface area (Å²) in [5, 5.41) is 8.13. The Balaban J connectivity index is 1.93. The minimum absolute atomic E-state index is 0.00713. The van der Waals surface area contributed by atoms with Crippen LogP contribution in [0.1, 0.15) is 53.5 Å². The van der Waals surface area contributed by atoms with Crippen molar-refractivity contribution in [3.8, 4) is 0 Å². The second-order valence-electron chi connectivity index (χ2n) is 5.73. The molecule has 2 rings (SSSR count). The summed E-state index contributed by atoms with van der Waals surface area (Å²) < 4.78 is 1.93. The van der Waals surface area contributed by atoms with Gasteiger partial charge in [-0.25, -0.2) is 4.98 Å². The van der Waals surface area contributed by atoms with E-state index in [1.807, 2.05) is 17.8 Å². The van der Waals surface area contributed by atoms with Crippen LogP contribution in [0.25, 0.3) is 0 Å². The van der Waals surface area contributed by atoms with E-state index in [4.69, 9.17) is 0 Å². The van der Waals surface area contributed by atoms with E-state index in [2.05, 4.69) is 43.1 Å². The third-order valence-corrected chi connectivity index (χ3v) is 4.70. The zero-order valence-corrected chi connectivity index (χ0v) is 14.8. The molecule has 0 spiro atoms. The summed E-state index contributed by atoms with van der Waals surface area (Å²) in [6.07, 6.45) is 2.17. The number of hydrogen-bond acceptors (Lipinski definition) is 4. The Bertz CT molecular complexity index is 657. The highest BCUT2D eigenvalue weighted by Crippen LogP contribution is 2.24. The highest BCUT2D eigenvalue weighted by Gasteiger charge is 2.14. The van der Waals surface area contributed by atoms with E-state index >= 15 is 0 Å². The SMILES string of the molecule is CCn1ncc(CNC(=O)Cc2nc(C(C)C)c(C)s2)c1C. The molecule has 0 saturated heterocycles. The Morgan fingerprint density at radius 1 is 1.41 bits per heavy atom. The molecule has 0 aliphatic heterocycles. The van der Waals surface area contributed by atoms with Crippen LogP contribution < -0.4 is 5.32 Å². The maximum Gasteiger partial charge on any atom is 0.227 e. The van der Waals surface area contributed by atoms with Crippen LogP contribution in [0.5, 0.6) is 0 Å². The Labute approximate surface area is 135 Å². The van der Waals surface area contributed by atoms with Crippen LogP contribution in [0.15, 0.2) is 6.20 Å². The van der Waals surface area contributed by atoms with Crippen molar-refractivity contribution in [3.05, 3.63) is 33.0 Å². The van der Waals surface area contributed by atoms with Crippen molar-refractivity contribution in [2.45, 2.75) is 60.0 Å². The van der Waals surface area contributed by atoms with Gasteiger partial charge in [-0.15, -0.1) is 11.3 Å². The molecule has 2 heterocycles. The molecule has 0 atom stereocenters. The first-order chi connectivity index (χ1) is 10.4. The number of rotatable bonds is 6. The summed E-state index contributed by atoms with van der Waals surface area (Å²) in [6.45, 7) is 11.8. The first kappa shape index (κ1) is 16.7. The molecule has 0 bridgehead atoms. The number of carbonyl (C=O) groups excluding carboxylic acids is 1. The van der Waals surface area contributed by atoms with Crippen LogP contribution in [0.4, 0.5) is 0 Å². The summed E-state index contributed by atoms with van der Waals surface area (Å²) in [6, 6.07) is 0. The number of thiazole rings is 1. The van der Waals surface area contributed by atoms with E-state index in [0.717, 1.165) is 28.5 Å². The third-order valence-electron chi connectivity index (χ3n) is 3.72. The molecule has 2 aromatic heterocycles. The lowest BCUT2D eigenvalue weighted by molar-refractivity contribution is -0.120. The number of nitrogens with one attached hydrogen (secondary N) is 1. The number of amides is 1. The molecule has 2 aromatic rings. The number of carbonyl (C=O) groups is 1. The van der Waals surface area contributed by atoms with Crippen molar-refractivity contribution < 1.29 is 4.79 Å². The topological polar surface area (TPSA) is 59.8 Å². The lowest BCUT2D eigenvalue weighted by Gasteiger charge is -2.04. The molecule has 1 amide bonds. The predicted molar refractivity (Wildman–Crippen MR) is 89.1 cm³/mol. The molecular formula is C16H24N4OS. The smallest absolute Gasteiger partial charge is 0.227 e. The average Bonchev–Trinajstić information content (AvgIpc) is 2.99. The molecule has 0 radical (unpaired) electrons. The second-order valence-corrected chi connectivity index (χ2v) is 7.02. The van der Waals surface area contributed by atoms with Gasteiger partial charge in [-0.3, -0.25) is 9.48 Å². The maximum atomic E-state index is 12.1. The van der Waals surface area contributed by atoms with Gasteiger partial charge in [0.15, 0.2) is 0 Å². The highest BCUT2D eigenvalue weighted by molar-refractivity contribution is 7.11. The number of hydrogen-bond donors (Lipinski definition) is 1. The van der Waals surface area contributed by atoms with Gasteiger partial charge in [-0.1, -0.05) is 13.8 Å². The number of aryl methyl sites for hydroxylation is 2. The Kier molecular flexibility index (Phi) is 5.34. The van der Waals surface area contributed by atoms with Crippen LogP contribution in [0, 0.1) is 13.8 Å². The average molecular weight is 320 g/mol. The fourth-order valence-electron chi connectivity index (χ4n) is 2.45. The van der Waals surface area contributed by atoms with E-state index in [1.165, 1.54) is 4.88 Å². The van der Waals surface area contributed by atoms with E-state index in [9.17, 15) is 4.79 Å². The minimum atomic E-state index is 0.00713. The lowest BCUT2D eigenvalue weighted by Crippen LogP contribution is -2.24. The van der Waals surface area contributed by atoms with Crippen LogP contribution in [-0.4, -0.2) is 20.7 Å². The molecule has 1 N–H and O–H groups in total. The van der Waals surface area contributed by atoms with Crippen molar-refractivity contribution >= 4 is 17.2 Å². The monoisotopic (exact) mass is 320 g/mol. The number of aromatic nitrogens is 3. The van der Waals surface area contributed by atoms with E-state index < -0.39 is 0 Å². The molecule has 120 valence electrons. The molecule has 0 aliphatic rings. The van der Waals surface area contributed by atoms with E-state index in [0.29, 0.717) is 18.9 Å². The van der Waals surface area contributed by atoms with Crippen LogP contribution >= 0.6 is 11.3 Å². The van der Waals surface area contributed by atoms with Gasteiger partial charge in [0.05, 0.1) is 18.3 Å². The van der Waals surface area contributed by atoms with Crippen molar-refractivity contribution in [3.63, 3.8) is 0 Å². The normalized spacial score (nSPS) is 11.2. The summed E-state index contributed by atoms with van der Waals surface area (Å²) in [5.74, 6) is 0.406. The summed E-state index contributed by atoms with van der Waals surface area (Å²) in [7, 11) is 0. The molecule has 22 heavy (non-hydrogen) atoms. The van der Waals surface area contributed by atoms with Gasteiger partial charge in [-0.2, -0.15) is 5.10 Å². The Morgan fingerprint density at radius 2 is 2.14 bits per heavy atom. The van der Waals surface area contributed by atoms with Crippen LogP contribution in [-0.2, 0) is 24.3 Å². The second kappa shape index (κ2) is 7.05. The Hall–Kier alpha value is -1.69. The van der Waals surface area contributed by atoms with E-state index in [-0.39, 0.29) is 5.91 Å². The fourth-order valence-corrected chi connectivity index (χ4v) is 3.53. The van der Waals surface area contributed by atoms with E-state index in [1.54, 1.807) is 11.3 Å². The Morgan fingerprint density at radius 3 is 2.68 bits per heavy atom. The lowest BCUT2D eigenvalue weighted by atomic mass is 10.1. The van der Waals surface area contributed by atoms with Crippen molar-refractivity contribution in [2.24, 2.45) is 0 Å². The molecule has 0 aromatic carbocycles. The number of nitrogens with zero attached hydrogens (tertiary/aromatic N) is 3. The van der Waals surface area contributed by atoms with Crippen LogP contribution in [0.3, 0.4) is 0 Å². The highest BCUT2D eigenvalue weighted by atomic mass is 32.1. The van der Waals surface area contributed by atoms with Crippen LogP contribution in [0.2, 0.25) is 0 Å². The molecule has 0 saturated carbocycles. The first-order valence-electron chi connectivity index (χ1n) is 7.66. The molecule has 0 fully saturated rings. The largest absolute Gasteiger partial charge is 0.352 e. The minimum Gasteiger partial charge on any atom is -0.352 e. The maximum absolute atomic E-state index is 12.1. The standard InChI is InChI=1S/C16H24N4OS/c1-6-20-11(4)13(9-18-20)8-17-14(21)7-15-19-16(10(2)3)12(5)22-15/h9-10H,6-8H2,1-5H3,(H,17,21). The molecule has 0 aliphatic carbocycles. The van der Waals surface area contributed by atoms with Crippen molar-refractivity contribution in [2.75, 3.05) is 0 Å². The van der Waals surface area contributed by atoms with Crippen molar-refractivity contribution in [1.82, 2.24) is 20.1 Å². The van der Waals surface area contributed by atoms with Gasteiger partial charge in [0, 0.05) is 29.2 Å².